The predicted molar refractivity (Wildman–Crippen MR) is 39.9 cm³/mol. The van der Waals surface area contributed by atoms with Crippen LogP contribution in [0.2, 0.25) is 0 Å². The van der Waals surface area contributed by atoms with E-state index in [0.29, 0.717) is 5.92 Å². The smallest absolute Gasteiger partial charge is 0.0381 e. The molecule has 1 unspecified atom stereocenters. The molecule has 0 saturated heterocycles. The standard InChI is InChI=1S/C9H12/c1-3-8(2)9-6-4-5-7-9/h1,6,8H,4-5,7H2,2H3. The molecule has 1 aliphatic carbocycles. The monoisotopic (exact) mass is 120 g/mol. The summed E-state index contributed by atoms with van der Waals surface area (Å²) < 4.78 is 0. The predicted octanol–water partition coefficient (Wildman–Crippen LogP) is 2.37. The lowest BCUT2D eigenvalue weighted by atomic mass is 10.0. The average Bonchev–Trinajstić information content (AvgIpc) is 2.37. The Bertz CT molecular complexity index is 157. The summed E-state index contributed by atoms with van der Waals surface area (Å²) in [6, 6.07) is 0. The third-order valence-corrected chi connectivity index (χ3v) is 1.88. The van der Waals surface area contributed by atoms with Crippen molar-refractivity contribution in [2.75, 3.05) is 0 Å². The van der Waals surface area contributed by atoms with Crippen LogP contribution in [-0.4, -0.2) is 0 Å². The van der Waals surface area contributed by atoms with Crippen LogP contribution in [0.1, 0.15) is 26.2 Å². The fourth-order valence-corrected chi connectivity index (χ4v) is 1.20. The molecule has 0 radical (unpaired) electrons. The minimum absolute atomic E-state index is 0.382. The van der Waals surface area contributed by atoms with E-state index in [-0.39, 0.29) is 0 Å². The van der Waals surface area contributed by atoms with E-state index in [1.807, 2.05) is 0 Å². The van der Waals surface area contributed by atoms with E-state index >= 15 is 0 Å². The van der Waals surface area contributed by atoms with Gasteiger partial charge in [-0.25, -0.2) is 0 Å². The van der Waals surface area contributed by atoms with Gasteiger partial charge in [0.2, 0.25) is 0 Å². The van der Waals surface area contributed by atoms with Gasteiger partial charge in [0.25, 0.3) is 0 Å². The molecule has 0 fully saturated rings. The lowest BCUT2D eigenvalue weighted by Gasteiger charge is -2.02. The van der Waals surface area contributed by atoms with Gasteiger partial charge in [-0.2, -0.15) is 0 Å². The highest BCUT2D eigenvalue weighted by Gasteiger charge is 2.08. The fraction of sp³-hybridized carbons (Fsp3) is 0.556. The lowest BCUT2D eigenvalue weighted by Crippen LogP contribution is -1.91. The van der Waals surface area contributed by atoms with Crippen LogP contribution in [-0.2, 0) is 0 Å². The highest BCUT2D eigenvalue weighted by molar-refractivity contribution is 5.18. The number of hydrogen-bond donors (Lipinski definition) is 0. The molecule has 0 N–H and O–H groups in total. The van der Waals surface area contributed by atoms with Gasteiger partial charge in [-0.1, -0.05) is 17.6 Å². The maximum absolute atomic E-state index is 5.26. The maximum Gasteiger partial charge on any atom is 0.0381 e. The molecule has 0 bridgehead atoms. The Hall–Kier alpha value is -0.700. The van der Waals surface area contributed by atoms with Gasteiger partial charge in [0.1, 0.15) is 0 Å². The van der Waals surface area contributed by atoms with E-state index in [0.717, 1.165) is 0 Å². The molecule has 0 aromatic carbocycles. The highest BCUT2D eigenvalue weighted by Crippen LogP contribution is 2.23. The Morgan fingerprint density at radius 2 is 2.56 bits per heavy atom. The summed E-state index contributed by atoms with van der Waals surface area (Å²) in [6.45, 7) is 2.09. The van der Waals surface area contributed by atoms with Crippen LogP contribution >= 0.6 is 0 Å². The van der Waals surface area contributed by atoms with Crippen LogP contribution in [0, 0.1) is 18.3 Å². The van der Waals surface area contributed by atoms with E-state index < -0.39 is 0 Å². The molecule has 48 valence electrons. The van der Waals surface area contributed by atoms with Crippen molar-refractivity contribution < 1.29 is 0 Å². The molecule has 0 aliphatic heterocycles. The lowest BCUT2D eigenvalue weighted by molar-refractivity contribution is 0.810. The van der Waals surface area contributed by atoms with Gasteiger partial charge in [-0.3, -0.25) is 0 Å². The van der Waals surface area contributed by atoms with Crippen molar-refractivity contribution in [3.05, 3.63) is 11.6 Å². The third kappa shape index (κ3) is 1.36. The van der Waals surface area contributed by atoms with Crippen molar-refractivity contribution in [1.29, 1.82) is 0 Å². The molecule has 0 aromatic heterocycles. The van der Waals surface area contributed by atoms with Gasteiger partial charge >= 0.3 is 0 Å². The molecule has 1 atom stereocenters. The summed E-state index contributed by atoms with van der Waals surface area (Å²) >= 11 is 0. The molecule has 1 rings (SSSR count). The first-order valence-corrected chi connectivity index (χ1v) is 3.49. The van der Waals surface area contributed by atoms with Crippen LogP contribution in [0.15, 0.2) is 11.6 Å². The zero-order valence-electron chi connectivity index (χ0n) is 5.85. The summed E-state index contributed by atoms with van der Waals surface area (Å²) in [4.78, 5) is 0. The summed E-state index contributed by atoms with van der Waals surface area (Å²) in [5, 5.41) is 0. The summed E-state index contributed by atoms with van der Waals surface area (Å²) in [7, 11) is 0. The van der Waals surface area contributed by atoms with Gasteiger partial charge in [0, 0.05) is 5.92 Å². The molecule has 0 saturated carbocycles. The molecular weight excluding hydrogens is 108 g/mol. The molecule has 0 nitrogen and oxygen atoms in total. The molecule has 0 heterocycles. The first kappa shape index (κ1) is 6.42. The quantitative estimate of drug-likeness (QED) is 0.368. The number of rotatable bonds is 1. The minimum atomic E-state index is 0.382. The Morgan fingerprint density at radius 3 is 3.00 bits per heavy atom. The zero-order valence-corrected chi connectivity index (χ0v) is 5.85. The van der Waals surface area contributed by atoms with E-state index in [1.165, 1.54) is 24.8 Å². The Morgan fingerprint density at radius 1 is 1.78 bits per heavy atom. The van der Waals surface area contributed by atoms with Crippen LogP contribution in [0.5, 0.6) is 0 Å². The van der Waals surface area contributed by atoms with Crippen molar-refractivity contribution in [3.8, 4) is 12.3 Å². The SMILES string of the molecule is C#CC(C)C1=CCCC1. The van der Waals surface area contributed by atoms with Crippen molar-refractivity contribution in [1.82, 2.24) is 0 Å². The van der Waals surface area contributed by atoms with Crippen LogP contribution < -0.4 is 0 Å². The first-order chi connectivity index (χ1) is 4.34. The number of allylic oxidation sites excluding steroid dienone is 2. The second-order valence-electron chi connectivity index (χ2n) is 2.56. The Kier molecular flexibility index (Phi) is 1.95. The van der Waals surface area contributed by atoms with Gasteiger partial charge < -0.3 is 0 Å². The van der Waals surface area contributed by atoms with Gasteiger partial charge in [-0.15, -0.1) is 6.42 Å². The van der Waals surface area contributed by atoms with Crippen molar-refractivity contribution in [3.63, 3.8) is 0 Å². The van der Waals surface area contributed by atoms with Crippen LogP contribution in [0.25, 0.3) is 0 Å². The van der Waals surface area contributed by atoms with E-state index in [2.05, 4.69) is 18.9 Å². The molecule has 0 aromatic rings. The second kappa shape index (κ2) is 2.73. The van der Waals surface area contributed by atoms with Crippen molar-refractivity contribution in [2.24, 2.45) is 5.92 Å². The molecule has 0 spiro atoms. The van der Waals surface area contributed by atoms with Crippen LogP contribution in [0.4, 0.5) is 0 Å². The normalized spacial score (nSPS) is 20.7. The van der Waals surface area contributed by atoms with Crippen molar-refractivity contribution in [2.45, 2.75) is 26.2 Å². The zero-order chi connectivity index (χ0) is 6.69. The summed E-state index contributed by atoms with van der Waals surface area (Å²) in [6.07, 6.45) is 11.3. The van der Waals surface area contributed by atoms with Gasteiger partial charge in [-0.05, 0) is 26.2 Å². The molecule has 9 heavy (non-hydrogen) atoms. The molecule has 0 amide bonds. The van der Waals surface area contributed by atoms with E-state index in [1.54, 1.807) is 0 Å². The number of terminal acetylenes is 1. The minimum Gasteiger partial charge on any atom is -0.119 e. The van der Waals surface area contributed by atoms with E-state index in [4.69, 9.17) is 6.42 Å². The average molecular weight is 120 g/mol. The number of hydrogen-bond acceptors (Lipinski definition) is 0. The Balaban J connectivity index is 2.53. The summed E-state index contributed by atoms with van der Waals surface area (Å²) in [5.74, 6) is 3.12. The second-order valence-corrected chi connectivity index (χ2v) is 2.56. The molecule has 1 aliphatic rings. The fourth-order valence-electron chi connectivity index (χ4n) is 1.20. The summed E-state index contributed by atoms with van der Waals surface area (Å²) in [5.41, 5.74) is 1.47. The largest absolute Gasteiger partial charge is 0.119 e. The molecule has 0 heteroatoms. The molecular formula is C9H12. The van der Waals surface area contributed by atoms with Crippen LogP contribution in [0.3, 0.4) is 0 Å². The van der Waals surface area contributed by atoms with E-state index in [9.17, 15) is 0 Å². The maximum atomic E-state index is 5.26. The first-order valence-electron chi connectivity index (χ1n) is 3.49. The van der Waals surface area contributed by atoms with Crippen molar-refractivity contribution >= 4 is 0 Å². The Labute approximate surface area is 57.0 Å². The van der Waals surface area contributed by atoms with Gasteiger partial charge in [0.05, 0.1) is 0 Å². The topological polar surface area (TPSA) is 0 Å². The third-order valence-electron chi connectivity index (χ3n) is 1.88. The highest BCUT2D eigenvalue weighted by atomic mass is 14.1. The van der Waals surface area contributed by atoms with Gasteiger partial charge in [0.15, 0.2) is 0 Å².